The summed E-state index contributed by atoms with van der Waals surface area (Å²) in [5.74, 6) is -3.81. The van der Waals surface area contributed by atoms with Crippen LogP contribution in [0.15, 0.2) is 30.3 Å². The fourth-order valence-corrected chi connectivity index (χ4v) is 5.67. The van der Waals surface area contributed by atoms with Crippen molar-refractivity contribution < 1.29 is 28.2 Å². The lowest BCUT2D eigenvalue weighted by Crippen LogP contribution is -2.35. The van der Waals surface area contributed by atoms with Crippen LogP contribution in [-0.4, -0.2) is 45.3 Å². The van der Waals surface area contributed by atoms with Crippen molar-refractivity contribution in [2.24, 2.45) is 0 Å². The number of nitrogens with zero attached hydrogens (tertiary/aromatic N) is 3. The lowest BCUT2D eigenvalue weighted by molar-refractivity contribution is -0.139. The predicted octanol–water partition coefficient (Wildman–Crippen LogP) is 5.36. The van der Waals surface area contributed by atoms with Gasteiger partial charge in [0.05, 0.1) is 24.7 Å². The Morgan fingerprint density at radius 2 is 1.94 bits per heavy atom. The highest BCUT2D eigenvalue weighted by Crippen LogP contribution is 2.37. The fraction of sp³-hybridized carbons (Fsp3) is 0.444. The van der Waals surface area contributed by atoms with Gasteiger partial charge in [0.15, 0.2) is 11.6 Å². The number of amides is 1. The molecule has 2 aromatic carbocycles. The predicted molar refractivity (Wildman–Crippen MR) is 129 cm³/mol. The number of benzene rings is 2. The molecule has 1 aliphatic heterocycles. The molecule has 1 aliphatic carbocycles. The van der Waals surface area contributed by atoms with Crippen molar-refractivity contribution in [3.05, 3.63) is 64.5 Å². The Labute approximate surface area is 207 Å². The summed E-state index contributed by atoms with van der Waals surface area (Å²) in [6, 6.07) is 7.56. The molecule has 2 heterocycles. The minimum atomic E-state index is -1.29. The highest BCUT2D eigenvalue weighted by atomic mass is 19.2. The van der Waals surface area contributed by atoms with E-state index in [2.05, 4.69) is 0 Å². The molecule has 1 amide bonds. The number of carboxylic acid groups (broad SMARTS) is 1. The lowest BCUT2D eigenvalue weighted by Gasteiger charge is -2.27. The van der Waals surface area contributed by atoms with Gasteiger partial charge in [0, 0.05) is 30.1 Å². The zero-order chi connectivity index (χ0) is 25.4. The van der Waals surface area contributed by atoms with Crippen LogP contribution in [0, 0.1) is 11.6 Å². The average molecular weight is 498 g/mol. The minimum Gasteiger partial charge on any atom is -0.481 e. The van der Waals surface area contributed by atoms with Gasteiger partial charge in [-0.1, -0.05) is 37.5 Å². The van der Waals surface area contributed by atoms with Crippen LogP contribution < -0.4 is 0 Å². The third-order valence-electron chi connectivity index (χ3n) is 7.58. The standard InChI is InChI=1S/C27H29F2N3O4/c1-36-27(35)31-13-12-16-10-11-22-24(19(16)14-31)30-25(17-6-3-2-4-7-17)32(22)15-20(26(33)34)18-8-5-9-21(28)23(18)29/h5,8-11,17,20H,2-4,6-7,12-15H2,1H3,(H,33,34). The summed E-state index contributed by atoms with van der Waals surface area (Å²) in [6.07, 6.45) is 5.39. The van der Waals surface area contributed by atoms with Crippen LogP contribution in [0.2, 0.25) is 0 Å². The molecule has 0 saturated heterocycles. The molecule has 36 heavy (non-hydrogen) atoms. The number of carboxylic acids is 1. The van der Waals surface area contributed by atoms with Gasteiger partial charge < -0.3 is 19.3 Å². The number of rotatable bonds is 5. The van der Waals surface area contributed by atoms with Crippen LogP contribution in [0.5, 0.6) is 0 Å². The number of fused-ring (bicyclic) bond motifs is 3. The molecule has 2 aliphatic rings. The first-order chi connectivity index (χ1) is 17.4. The largest absolute Gasteiger partial charge is 0.481 e. The number of imidazole rings is 1. The zero-order valence-corrected chi connectivity index (χ0v) is 20.2. The molecule has 5 rings (SSSR count). The first kappa shape index (κ1) is 24.2. The molecule has 0 bridgehead atoms. The zero-order valence-electron chi connectivity index (χ0n) is 20.2. The molecule has 9 heteroatoms. The maximum absolute atomic E-state index is 14.7. The highest BCUT2D eigenvalue weighted by molar-refractivity contribution is 5.83. The molecule has 1 unspecified atom stereocenters. The Hall–Kier alpha value is -3.49. The normalized spacial score (nSPS) is 17.1. The van der Waals surface area contributed by atoms with Crippen LogP contribution in [-0.2, 0) is 29.0 Å². The van der Waals surface area contributed by atoms with Crippen LogP contribution in [0.25, 0.3) is 11.0 Å². The van der Waals surface area contributed by atoms with Gasteiger partial charge in [0.2, 0.25) is 0 Å². The molecule has 0 spiro atoms. The monoisotopic (exact) mass is 497 g/mol. The van der Waals surface area contributed by atoms with E-state index in [9.17, 15) is 23.5 Å². The van der Waals surface area contributed by atoms with E-state index in [1.807, 2.05) is 16.7 Å². The molecule has 1 saturated carbocycles. The molecular formula is C27H29F2N3O4. The molecule has 190 valence electrons. The Kier molecular flexibility index (Phi) is 6.64. The number of hydrogen-bond donors (Lipinski definition) is 1. The van der Waals surface area contributed by atoms with Crippen molar-refractivity contribution in [1.82, 2.24) is 14.5 Å². The molecule has 0 radical (unpaired) electrons. The van der Waals surface area contributed by atoms with Gasteiger partial charge in [-0.25, -0.2) is 18.6 Å². The summed E-state index contributed by atoms with van der Waals surface area (Å²) < 4.78 is 35.5. The quantitative estimate of drug-likeness (QED) is 0.513. The maximum Gasteiger partial charge on any atom is 0.409 e. The molecule has 1 N–H and O–H groups in total. The topological polar surface area (TPSA) is 84.7 Å². The van der Waals surface area contributed by atoms with E-state index in [-0.39, 0.29) is 18.0 Å². The van der Waals surface area contributed by atoms with Gasteiger partial charge in [0.25, 0.3) is 0 Å². The molecule has 1 fully saturated rings. The number of aliphatic carboxylic acids is 1. The second-order valence-corrected chi connectivity index (χ2v) is 9.66. The van der Waals surface area contributed by atoms with Gasteiger partial charge in [-0.15, -0.1) is 0 Å². The first-order valence-corrected chi connectivity index (χ1v) is 12.4. The van der Waals surface area contributed by atoms with Gasteiger partial charge >= 0.3 is 12.1 Å². The van der Waals surface area contributed by atoms with Crippen molar-refractivity contribution in [2.75, 3.05) is 13.7 Å². The number of hydrogen-bond acceptors (Lipinski definition) is 4. The van der Waals surface area contributed by atoms with Crippen molar-refractivity contribution >= 4 is 23.1 Å². The van der Waals surface area contributed by atoms with Crippen LogP contribution in [0.4, 0.5) is 13.6 Å². The van der Waals surface area contributed by atoms with E-state index in [0.717, 1.165) is 66.2 Å². The summed E-state index contributed by atoms with van der Waals surface area (Å²) in [5, 5.41) is 10.0. The summed E-state index contributed by atoms with van der Waals surface area (Å²) in [7, 11) is 1.35. The molecular weight excluding hydrogens is 468 g/mol. The Balaban J connectivity index is 1.64. The van der Waals surface area contributed by atoms with Crippen LogP contribution >= 0.6 is 0 Å². The third kappa shape index (κ3) is 4.31. The maximum atomic E-state index is 14.7. The molecule has 1 atom stereocenters. The van der Waals surface area contributed by atoms with Gasteiger partial charge in [0.1, 0.15) is 11.7 Å². The molecule has 7 nitrogen and oxygen atoms in total. The fourth-order valence-electron chi connectivity index (χ4n) is 5.67. The van der Waals surface area contributed by atoms with E-state index >= 15 is 0 Å². The second-order valence-electron chi connectivity index (χ2n) is 9.66. The summed E-state index contributed by atoms with van der Waals surface area (Å²) in [4.78, 5) is 31.2. The number of aromatic nitrogens is 2. The minimum absolute atomic E-state index is 0.0719. The van der Waals surface area contributed by atoms with E-state index in [0.29, 0.717) is 19.5 Å². The van der Waals surface area contributed by atoms with Crippen molar-refractivity contribution in [3.8, 4) is 0 Å². The van der Waals surface area contributed by atoms with Crippen LogP contribution in [0.1, 0.15) is 66.5 Å². The molecule has 1 aromatic heterocycles. The lowest BCUT2D eigenvalue weighted by atomic mass is 9.88. The number of ether oxygens (including phenoxy) is 1. The summed E-state index contributed by atoms with van der Waals surface area (Å²) in [5.41, 5.74) is 3.29. The number of methoxy groups -OCH3 is 1. The van der Waals surface area contributed by atoms with Gasteiger partial charge in [-0.05, 0) is 37.0 Å². The first-order valence-electron chi connectivity index (χ1n) is 12.4. The second kappa shape index (κ2) is 9.87. The number of carbonyl (C=O) groups is 2. The van der Waals surface area contributed by atoms with Crippen molar-refractivity contribution in [3.63, 3.8) is 0 Å². The summed E-state index contributed by atoms with van der Waals surface area (Å²) in [6.45, 7) is 0.820. The third-order valence-corrected chi connectivity index (χ3v) is 7.58. The SMILES string of the molecule is COC(=O)N1CCc2ccc3c(nc(C4CCCCC4)n3CC(C(=O)O)c3cccc(F)c3F)c2C1. The summed E-state index contributed by atoms with van der Waals surface area (Å²) >= 11 is 0. The van der Waals surface area contributed by atoms with E-state index < -0.39 is 29.6 Å². The molecule has 3 aromatic rings. The highest BCUT2D eigenvalue weighted by Gasteiger charge is 2.31. The van der Waals surface area contributed by atoms with E-state index in [4.69, 9.17) is 9.72 Å². The van der Waals surface area contributed by atoms with E-state index in [1.54, 1.807) is 4.90 Å². The van der Waals surface area contributed by atoms with E-state index in [1.165, 1.54) is 19.2 Å². The Morgan fingerprint density at radius 3 is 2.67 bits per heavy atom. The van der Waals surface area contributed by atoms with Gasteiger partial charge in [-0.3, -0.25) is 4.79 Å². The van der Waals surface area contributed by atoms with Crippen molar-refractivity contribution in [1.29, 1.82) is 0 Å². The smallest absolute Gasteiger partial charge is 0.409 e. The Bertz CT molecular complexity index is 1320. The van der Waals surface area contributed by atoms with Gasteiger partial charge in [-0.2, -0.15) is 0 Å². The number of halogens is 2. The van der Waals surface area contributed by atoms with Crippen molar-refractivity contribution in [2.45, 2.75) is 63.5 Å². The number of carbonyl (C=O) groups excluding carboxylic acids is 1. The Morgan fingerprint density at radius 1 is 1.17 bits per heavy atom. The average Bonchev–Trinajstić information content (AvgIpc) is 3.27. The van der Waals surface area contributed by atoms with Crippen LogP contribution in [0.3, 0.4) is 0 Å².